The molecule has 0 aliphatic rings. The van der Waals surface area contributed by atoms with E-state index in [1.165, 1.54) is 30.3 Å². The Labute approximate surface area is 141 Å². The van der Waals surface area contributed by atoms with Crippen molar-refractivity contribution in [2.24, 2.45) is 0 Å². The molecule has 0 aliphatic carbocycles. The van der Waals surface area contributed by atoms with Crippen LogP contribution in [0.5, 0.6) is 11.5 Å². The second-order valence-corrected chi connectivity index (χ2v) is 4.66. The van der Waals surface area contributed by atoms with Crippen molar-refractivity contribution < 1.29 is 48.5 Å². The van der Waals surface area contributed by atoms with Gasteiger partial charge in [0.1, 0.15) is 5.75 Å². The van der Waals surface area contributed by atoms with Crippen LogP contribution in [-0.2, 0) is 11.1 Å². The average Bonchev–Trinajstić information content (AvgIpc) is 2.34. The Bertz CT molecular complexity index is 535. The number of thiol groups is 1. The van der Waals surface area contributed by atoms with Crippen molar-refractivity contribution in [3.63, 3.8) is 0 Å². The van der Waals surface area contributed by atoms with Crippen LogP contribution in [0.15, 0.2) is 58.3 Å². The molecule has 4 nitrogen and oxygen atoms in total. The SMILES string of the molecule is O=S(O)c1ccc(S)c(O)c1.[Na+].[O-]c1ccccc1. The van der Waals surface area contributed by atoms with Gasteiger partial charge >= 0.3 is 29.6 Å². The van der Waals surface area contributed by atoms with Crippen LogP contribution in [0.3, 0.4) is 0 Å². The molecule has 2 aromatic carbocycles. The molecule has 0 aromatic heterocycles. The van der Waals surface area contributed by atoms with Crippen molar-refractivity contribution in [1.82, 2.24) is 0 Å². The van der Waals surface area contributed by atoms with Crippen molar-refractivity contribution in [3.05, 3.63) is 48.5 Å². The number of phenols is 1. The molecule has 0 spiro atoms. The summed E-state index contributed by atoms with van der Waals surface area (Å²) in [6.45, 7) is 0. The molecule has 0 heterocycles. The van der Waals surface area contributed by atoms with Crippen LogP contribution in [0.2, 0.25) is 0 Å². The van der Waals surface area contributed by atoms with Crippen LogP contribution in [0.4, 0.5) is 0 Å². The topological polar surface area (TPSA) is 80.6 Å². The first-order valence-corrected chi connectivity index (χ1v) is 6.41. The minimum Gasteiger partial charge on any atom is -0.872 e. The fourth-order valence-electron chi connectivity index (χ4n) is 1.03. The normalized spacial score (nSPS) is 10.6. The van der Waals surface area contributed by atoms with E-state index in [4.69, 9.17) is 9.66 Å². The van der Waals surface area contributed by atoms with Gasteiger partial charge in [0.25, 0.3) is 0 Å². The molecule has 0 saturated carbocycles. The van der Waals surface area contributed by atoms with Gasteiger partial charge in [0.2, 0.25) is 0 Å². The van der Waals surface area contributed by atoms with Crippen LogP contribution >= 0.6 is 12.6 Å². The van der Waals surface area contributed by atoms with E-state index in [1.807, 2.05) is 6.07 Å². The van der Waals surface area contributed by atoms with Crippen LogP contribution in [0.1, 0.15) is 0 Å². The molecule has 0 amide bonds. The quantitative estimate of drug-likeness (QED) is 0.360. The number of benzene rings is 2. The third-order valence-electron chi connectivity index (χ3n) is 1.89. The van der Waals surface area contributed by atoms with E-state index in [2.05, 4.69) is 12.6 Å². The summed E-state index contributed by atoms with van der Waals surface area (Å²) in [6.07, 6.45) is 0. The number of para-hydroxylation sites is 1. The molecule has 0 fully saturated rings. The zero-order chi connectivity index (χ0) is 13.5. The van der Waals surface area contributed by atoms with Gasteiger partial charge in [-0.05, 0) is 18.2 Å². The maximum Gasteiger partial charge on any atom is 1.00 e. The molecule has 2 aromatic rings. The molecule has 1 atom stereocenters. The van der Waals surface area contributed by atoms with Gasteiger partial charge in [0, 0.05) is 4.90 Å². The maximum absolute atomic E-state index is 10.4. The summed E-state index contributed by atoms with van der Waals surface area (Å²) in [5, 5.41) is 19.3. The molecular weight excluding hydrogens is 295 g/mol. The zero-order valence-electron chi connectivity index (χ0n) is 10.2. The molecule has 2 rings (SSSR count). The minimum atomic E-state index is -2.04. The van der Waals surface area contributed by atoms with E-state index in [-0.39, 0.29) is 46.0 Å². The van der Waals surface area contributed by atoms with Gasteiger partial charge in [-0.15, -0.1) is 18.4 Å². The number of rotatable bonds is 1. The van der Waals surface area contributed by atoms with Crippen LogP contribution in [0, 0.1) is 0 Å². The number of aromatic hydroxyl groups is 1. The Kier molecular flexibility index (Phi) is 9.16. The Morgan fingerprint density at radius 2 is 1.68 bits per heavy atom. The van der Waals surface area contributed by atoms with Crippen molar-refractivity contribution in [2.75, 3.05) is 0 Å². The van der Waals surface area contributed by atoms with Gasteiger partial charge in [-0.2, -0.15) is 0 Å². The number of phenolic OH excluding ortho intramolecular Hbond substituents is 1. The summed E-state index contributed by atoms with van der Waals surface area (Å²) >= 11 is 1.84. The fraction of sp³-hybridized carbons (Fsp3) is 0. The van der Waals surface area contributed by atoms with Gasteiger partial charge < -0.3 is 14.8 Å². The molecule has 7 heteroatoms. The first-order valence-electron chi connectivity index (χ1n) is 4.85. The molecule has 2 N–H and O–H groups in total. The molecule has 0 radical (unpaired) electrons. The van der Waals surface area contributed by atoms with Gasteiger partial charge in [-0.1, -0.05) is 30.3 Å². The maximum atomic E-state index is 10.4. The molecule has 0 bridgehead atoms. The van der Waals surface area contributed by atoms with Crippen LogP contribution < -0.4 is 34.7 Å². The second kappa shape index (κ2) is 9.41. The monoisotopic (exact) mass is 306 g/mol. The largest absolute Gasteiger partial charge is 1.00 e. The summed E-state index contributed by atoms with van der Waals surface area (Å²) < 4.78 is 19.0. The van der Waals surface area contributed by atoms with Crippen molar-refractivity contribution in [1.29, 1.82) is 0 Å². The Morgan fingerprint density at radius 1 is 1.11 bits per heavy atom. The van der Waals surface area contributed by atoms with E-state index in [1.54, 1.807) is 12.1 Å². The van der Waals surface area contributed by atoms with Crippen molar-refractivity contribution in [3.8, 4) is 11.5 Å². The second-order valence-electron chi connectivity index (χ2n) is 3.21. The molecular formula is C12H11NaO4S2. The Balaban J connectivity index is 0.000000352. The standard InChI is InChI=1S/C6H6O3S2.C6H6O.Na/c7-5-3-4(11(8)9)1-2-6(5)10;7-6-4-2-1-3-5-6;/h1-3,7,10H,(H,8,9);1-5,7H;/q;;+1/p-1. The number of hydrogen-bond acceptors (Lipinski definition) is 4. The first kappa shape index (κ1) is 18.5. The smallest absolute Gasteiger partial charge is 0.872 e. The van der Waals surface area contributed by atoms with Crippen LogP contribution in [-0.4, -0.2) is 13.9 Å². The zero-order valence-corrected chi connectivity index (χ0v) is 13.9. The summed E-state index contributed by atoms with van der Waals surface area (Å²) in [6, 6.07) is 12.4. The van der Waals surface area contributed by atoms with E-state index in [0.717, 1.165) is 0 Å². The third-order valence-corrected chi connectivity index (χ3v) is 2.93. The minimum absolute atomic E-state index is 0. The summed E-state index contributed by atoms with van der Waals surface area (Å²) in [5.74, 6) is -0.0178. The van der Waals surface area contributed by atoms with Gasteiger partial charge in [-0.25, -0.2) is 4.21 Å². The van der Waals surface area contributed by atoms with Crippen LogP contribution in [0.25, 0.3) is 0 Å². The summed E-state index contributed by atoms with van der Waals surface area (Å²) in [5.41, 5.74) is 0. The molecule has 0 saturated heterocycles. The third kappa shape index (κ3) is 7.00. The first-order chi connectivity index (χ1) is 8.50. The number of hydrogen-bond donors (Lipinski definition) is 3. The summed E-state index contributed by atoms with van der Waals surface area (Å²) in [4.78, 5) is 0.555. The van der Waals surface area contributed by atoms with Crippen molar-refractivity contribution >= 4 is 23.7 Å². The summed E-state index contributed by atoms with van der Waals surface area (Å²) in [7, 11) is 0. The van der Waals surface area contributed by atoms with E-state index >= 15 is 0 Å². The van der Waals surface area contributed by atoms with E-state index < -0.39 is 11.1 Å². The van der Waals surface area contributed by atoms with Crippen molar-refractivity contribution in [2.45, 2.75) is 9.79 Å². The molecule has 1 unspecified atom stereocenters. The Morgan fingerprint density at radius 3 is 2.05 bits per heavy atom. The molecule has 96 valence electrons. The Hall–Kier alpha value is -0.500. The predicted octanol–water partition coefficient (Wildman–Crippen LogP) is -0.974. The average molecular weight is 306 g/mol. The van der Waals surface area contributed by atoms with E-state index in [9.17, 15) is 9.32 Å². The molecule has 0 aliphatic heterocycles. The van der Waals surface area contributed by atoms with Gasteiger partial charge in [-0.3, -0.25) is 0 Å². The van der Waals surface area contributed by atoms with Gasteiger partial charge in [0.15, 0.2) is 11.1 Å². The molecule has 19 heavy (non-hydrogen) atoms. The van der Waals surface area contributed by atoms with E-state index in [0.29, 0.717) is 4.90 Å². The predicted molar refractivity (Wildman–Crippen MR) is 70.3 cm³/mol. The fourth-order valence-corrected chi connectivity index (χ4v) is 1.57. The van der Waals surface area contributed by atoms with Gasteiger partial charge in [0.05, 0.1) is 4.90 Å².